The summed E-state index contributed by atoms with van der Waals surface area (Å²) in [5, 5.41) is 7.36. The molecule has 0 atom stereocenters. The van der Waals surface area contributed by atoms with Crippen LogP contribution in [0, 0.1) is 12.3 Å². The number of amides is 2. The molecule has 2 aromatic rings. The fourth-order valence-electron chi connectivity index (χ4n) is 5.29. The molecular weight excluding hydrogens is 458 g/mol. The van der Waals surface area contributed by atoms with Crippen LogP contribution < -0.4 is 10.6 Å². The number of hydrogen-bond donors (Lipinski definition) is 2. The van der Waals surface area contributed by atoms with E-state index >= 15 is 0 Å². The number of anilines is 2. The zero-order valence-corrected chi connectivity index (χ0v) is 22.3. The predicted molar refractivity (Wildman–Crippen MR) is 141 cm³/mol. The number of pyridine rings is 1. The van der Waals surface area contributed by atoms with E-state index in [2.05, 4.69) is 42.5 Å². The largest absolute Gasteiger partial charge is 0.342 e. The predicted octanol–water partition coefficient (Wildman–Crippen LogP) is 5.55. The van der Waals surface area contributed by atoms with Gasteiger partial charge in [0, 0.05) is 42.2 Å². The van der Waals surface area contributed by atoms with Crippen LogP contribution in [0.15, 0.2) is 24.4 Å². The van der Waals surface area contributed by atoms with Gasteiger partial charge in [0.25, 0.3) is 0 Å². The van der Waals surface area contributed by atoms with Crippen LogP contribution in [-0.2, 0) is 9.59 Å². The Hall–Kier alpha value is -2.48. The van der Waals surface area contributed by atoms with Crippen LogP contribution in [-0.4, -0.2) is 45.3 Å². The lowest BCUT2D eigenvalue weighted by atomic mass is 9.79. The zero-order valence-electron chi connectivity index (χ0n) is 21.5. The molecule has 0 radical (unpaired) electrons. The summed E-state index contributed by atoms with van der Waals surface area (Å²) in [7, 11) is 0. The van der Waals surface area contributed by atoms with Gasteiger partial charge in [-0.3, -0.25) is 9.59 Å². The molecule has 1 aliphatic carbocycles. The maximum atomic E-state index is 13.8. The number of carbonyl (C=O) groups excluding carboxylic acids is 2. The van der Waals surface area contributed by atoms with E-state index in [4.69, 9.17) is 4.98 Å². The third-order valence-corrected chi connectivity index (χ3v) is 7.84. The van der Waals surface area contributed by atoms with Gasteiger partial charge in [0.15, 0.2) is 5.13 Å². The van der Waals surface area contributed by atoms with Gasteiger partial charge in [-0.05, 0) is 50.2 Å². The standard InChI is InChI=1S/C27H39N5O2S/c1-19-18-28-25(35-19)30-22-10-8-9-21(29-22)20-11-15-32(16-12-20)24(34)27(13-6-5-7-14-27)31-23(33)17-26(2,3)4/h8-10,18,20H,5-7,11-17H2,1-4H3,(H,31,33)(H,28,29,30). The highest BCUT2D eigenvalue weighted by molar-refractivity contribution is 7.15. The van der Waals surface area contributed by atoms with Crippen LogP contribution in [0.2, 0.25) is 0 Å². The van der Waals surface area contributed by atoms with Gasteiger partial charge >= 0.3 is 0 Å². The maximum absolute atomic E-state index is 13.8. The van der Waals surface area contributed by atoms with Crippen LogP contribution in [0.3, 0.4) is 0 Å². The summed E-state index contributed by atoms with van der Waals surface area (Å²) in [6, 6.07) is 6.08. The lowest BCUT2D eigenvalue weighted by molar-refractivity contribution is -0.145. The highest BCUT2D eigenvalue weighted by atomic mass is 32.1. The Kier molecular flexibility index (Phi) is 7.79. The molecule has 1 saturated heterocycles. The van der Waals surface area contributed by atoms with Crippen molar-refractivity contribution in [3.8, 4) is 0 Å². The average molecular weight is 498 g/mol. The number of aryl methyl sites for hydroxylation is 1. The van der Waals surface area contributed by atoms with Gasteiger partial charge in [-0.25, -0.2) is 9.97 Å². The maximum Gasteiger partial charge on any atom is 0.248 e. The van der Waals surface area contributed by atoms with Crippen molar-refractivity contribution in [1.82, 2.24) is 20.2 Å². The minimum absolute atomic E-state index is 0.00780. The molecule has 2 aromatic heterocycles. The Balaban J connectivity index is 1.39. The number of nitrogens with one attached hydrogen (secondary N) is 2. The molecule has 2 fully saturated rings. The summed E-state index contributed by atoms with van der Waals surface area (Å²) in [6.07, 6.45) is 8.63. The normalized spacial score (nSPS) is 18.8. The molecule has 8 heteroatoms. The molecule has 35 heavy (non-hydrogen) atoms. The van der Waals surface area contributed by atoms with Gasteiger partial charge in [-0.15, -0.1) is 11.3 Å². The third-order valence-electron chi connectivity index (χ3n) is 7.01. The van der Waals surface area contributed by atoms with Gasteiger partial charge in [-0.1, -0.05) is 46.1 Å². The molecular formula is C27H39N5O2S. The van der Waals surface area contributed by atoms with E-state index in [-0.39, 0.29) is 17.2 Å². The summed E-state index contributed by atoms with van der Waals surface area (Å²) in [6.45, 7) is 9.61. The summed E-state index contributed by atoms with van der Waals surface area (Å²) >= 11 is 1.61. The summed E-state index contributed by atoms with van der Waals surface area (Å²) in [5.41, 5.74) is 0.221. The van der Waals surface area contributed by atoms with E-state index in [1.54, 1.807) is 11.3 Å². The van der Waals surface area contributed by atoms with Crippen molar-refractivity contribution >= 4 is 34.1 Å². The second-order valence-electron chi connectivity index (χ2n) is 11.3. The minimum atomic E-state index is -0.735. The first-order valence-electron chi connectivity index (χ1n) is 12.9. The Morgan fingerprint density at radius 3 is 2.49 bits per heavy atom. The van der Waals surface area contributed by atoms with E-state index in [0.29, 0.717) is 25.4 Å². The molecule has 2 amide bonds. The Morgan fingerprint density at radius 2 is 1.86 bits per heavy atom. The number of thiazole rings is 1. The van der Waals surface area contributed by atoms with Crippen molar-refractivity contribution in [3.05, 3.63) is 35.0 Å². The van der Waals surface area contributed by atoms with Crippen LogP contribution in [0.4, 0.5) is 10.9 Å². The van der Waals surface area contributed by atoms with Crippen molar-refractivity contribution in [2.45, 2.75) is 90.5 Å². The second kappa shape index (κ2) is 10.6. The molecule has 2 N–H and O–H groups in total. The lowest BCUT2D eigenvalue weighted by Crippen LogP contribution is -2.61. The van der Waals surface area contributed by atoms with Gasteiger partial charge < -0.3 is 15.5 Å². The molecule has 2 aliphatic rings. The fraction of sp³-hybridized carbons (Fsp3) is 0.630. The van der Waals surface area contributed by atoms with Crippen LogP contribution >= 0.6 is 11.3 Å². The third kappa shape index (κ3) is 6.60. The summed E-state index contributed by atoms with van der Waals surface area (Å²) < 4.78 is 0. The molecule has 0 bridgehead atoms. The fourth-order valence-corrected chi connectivity index (χ4v) is 5.96. The van der Waals surface area contributed by atoms with Gasteiger partial charge in [0.05, 0.1) is 0 Å². The second-order valence-corrected chi connectivity index (χ2v) is 12.6. The molecule has 1 saturated carbocycles. The number of aromatic nitrogens is 2. The first-order valence-corrected chi connectivity index (χ1v) is 13.7. The van der Waals surface area contributed by atoms with Crippen LogP contribution in [0.5, 0.6) is 0 Å². The average Bonchev–Trinajstić information content (AvgIpc) is 3.22. The molecule has 0 aromatic carbocycles. The molecule has 190 valence electrons. The van der Waals surface area contributed by atoms with Gasteiger partial charge in [0.1, 0.15) is 11.4 Å². The summed E-state index contributed by atoms with van der Waals surface area (Å²) in [5.74, 6) is 1.22. The van der Waals surface area contributed by atoms with Crippen LogP contribution in [0.25, 0.3) is 0 Å². The van der Waals surface area contributed by atoms with Crippen molar-refractivity contribution < 1.29 is 9.59 Å². The molecule has 1 aliphatic heterocycles. The number of rotatable bonds is 6. The van der Waals surface area contributed by atoms with E-state index < -0.39 is 5.54 Å². The Morgan fingerprint density at radius 1 is 1.14 bits per heavy atom. The van der Waals surface area contributed by atoms with Crippen LogP contribution in [0.1, 0.15) is 88.6 Å². The van der Waals surface area contributed by atoms with Crippen molar-refractivity contribution in [2.75, 3.05) is 18.4 Å². The molecule has 7 nitrogen and oxygen atoms in total. The molecule has 0 spiro atoms. The number of nitrogens with zero attached hydrogens (tertiary/aromatic N) is 3. The monoisotopic (exact) mass is 497 g/mol. The minimum Gasteiger partial charge on any atom is -0.342 e. The first kappa shape index (κ1) is 25.6. The molecule has 0 unspecified atom stereocenters. The van der Waals surface area contributed by atoms with Crippen molar-refractivity contribution in [3.63, 3.8) is 0 Å². The summed E-state index contributed by atoms with van der Waals surface area (Å²) in [4.78, 5) is 38.9. The zero-order chi connectivity index (χ0) is 25.1. The van der Waals surface area contributed by atoms with Gasteiger partial charge in [-0.2, -0.15) is 0 Å². The smallest absolute Gasteiger partial charge is 0.248 e. The highest BCUT2D eigenvalue weighted by Crippen LogP contribution is 2.34. The van der Waals surface area contributed by atoms with Gasteiger partial charge in [0.2, 0.25) is 11.8 Å². The first-order chi connectivity index (χ1) is 16.6. The van der Waals surface area contributed by atoms with E-state index in [1.807, 2.05) is 30.2 Å². The van der Waals surface area contributed by atoms with E-state index in [9.17, 15) is 9.59 Å². The number of piperidine rings is 1. The lowest BCUT2D eigenvalue weighted by Gasteiger charge is -2.43. The molecule has 3 heterocycles. The molecule has 4 rings (SSSR count). The number of hydrogen-bond acceptors (Lipinski definition) is 6. The Labute approximate surface area is 213 Å². The Bertz CT molecular complexity index is 1030. The van der Waals surface area contributed by atoms with E-state index in [1.165, 1.54) is 0 Å². The number of carbonyl (C=O) groups is 2. The van der Waals surface area contributed by atoms with Crippen molar-refractivity contribution in [2.24, 2.45) is 5.41 Å². The SMILES string of the molecule is Cc1cnc(Nc2cccc(C3CCN(C(=O)C4(NC(=O)CC(C)(C)C)CCCCC4)CC3)n2)s1. The topological polar surface area (TPSA) is 87.2 Å². The quantitative estimate of drug-likeness (QED) is 0.546. The van der Waals surface area contributed by atoms with E-state index in [0.717, 1.165) is 66.5 Å². The number of likely N-dealkylation sites (tertiary alicyclic amines) is 1. The highest BCUT2D eigenvalue weighted by Gasteiger charge is 2.44. The van der Waals surface area contributed by atoms with Crippen molar-refractivity contribution in [1.29, 1.82) is 0 Å².